The first-order valence-corrected chi connectivity index (χ1v) is 8.82. The highest BCUT2D eigenvalue weighted by molar-refractivity contribution is 6.32. The predicted octanol–water partition coefficient (Wildman–Crippen LogP) is 4.30. The summed E-state index contributed by atoms with van der Waals surface area (Å²) in [6.45, 7) is 5.55. The Kier molecular flexibility index (Phi) is 3.92. The summed E-state index contributed by atoms with van der Waals surface area (Å²) in [5.74, 6) is 0.930. The van der Waals surface area contributed by atoms with E-state index in [2.05, 4.69) is 6.08 Å². The molecule has 0 N–H and O–H groups in total. The van der Waals surface area contributed by atoms with E-state index in [1.807, 2.05) is 13.8 Å². The minimum absolute atomic E-state index is 0.0169. The Morgan fingerprint density at radius 1 is 1.19 bits per heavy atom. The maximum atomic E-state index is 12.7. The third-order valence-electron chi connectivity index (χ3n) is 4.41. The predicted molar refractivity (Wildman–Crippen MR) is 99.3 cm³/mol. The van der Waals surface area contributed by atoms with E-state index in [0.717, 1.165) is 6.42 Å². The average molecular weight is 372 g/mol. The van der Waals surface area contributed by atoms with Crippen molar-refractivity contribution < 1.29 is 13.6 Å². The topological polar surface area (TPSA) is 69.7 Å². The smallest absolute Gasteiger partial charge is 0.355 e. The summed E-state index contributed by atoms with van der Waals surface area (Å²) in [7, 11) is 0. The van der Waals surface area contributed by atoms with Crippen LogP contribution in [0.2, 0.25) is 5.02 Å². The molecule has 0 fully saturated rings. The molecule has 1 radical (unpaired) electrons. The molecular weight excluding hydrogens is 356 g/mol. The average Bonchev–Trinajstić information content (AvgIpc) is 2.58. The van der Waals surface area contributed by atoms with Gasteiger partial charge < -0.3 is 13.6 Å². The van der Waals surface area contributed by atoms with Crippen LogP contribution in [0.25, 0.3) is 21.9 Å². The Morgan fingerprint density at radius 2 is 1.96 bits per heavy atom. The lowest BCUT2D eigenvalue weighted by Crippen LogP contribution is -2.16. The first-order chi connectivity index (χ1) is 12.4. The van der Waals surface area contributed by atoms with Gasteiger partial charge in [-0.15, -0.1) is 0 Å². The van der Waals surface area contributed by atoms with Gasteiger partial charge in [-0.2, -0.15) is 0 Å². The van der Waals surface area contributed by atoms with Gasteiger partial charge >= 0.3 is 5.63 Å². The van der Waals surface area contributed by atoms with Gasteiger partial charge in [-0.1, -0.05) is 24.9 Å². The molecule has 1 aliphatic rings. The van der Waals surface area contributed by atoms with E-state index in [1.54, 1.807) is 13.0 Å². The van der Waals surface area contributed by atoms with Gasteiger partial charge in [0.05, 0.1) is 10.9 Å². The van der Waals surface area contributed by atoms with Gasteiger partial charge in [-0.25, -0.2) is 4.79 Å². The quantitative estimate of drug-likeness (QED) is 0.496. The van der Waals surface area contributed by atoms with Crippen molar-refractivity contribution in [3.8, 4) is 5.75 Å². The Labute approximate surface area is 153 Å². The highest BCUT2D eigenvalue weighted by atomic mass is 35.5. The molecule has 4 rings (SSSR count). The molecule has 5 nitrogen and oxygen atoms in total. The monoisotopic (exact) mass is 371 g/mol. The van der Waals surface area contributed by atoms with Gasteiger partial charge in [0.15, 0.2) is 16.6 Å². The van der Waals surface area contributed by atoms with Crippen molar-refractivity contribution in [2.45, 2.75) is 39.7 Å². The van der Waals surface area contributed by atoms with E-state index < -0.39 is 5.63 Å². The zero-order valence-electron chi connectivity index (χ0n) is 14.6. The minimum atomic E-state index is -0.674. The normalized spacial score (nSPS) is 16.1. The summed E-state index contributed by atoms with van der Waals surface area (Å²) in [5.41, 5.74) is 0.648. The molecule has 0 aliphatic carbocycles. The van der Waals surface area contributed by atoms with Gasteiger partial charge in [0.2, 0.25) is 0 Å². The lowest BCUT2D eigenvalue weighted by atomic mass is 9.97. The number of benzene rings is 1. The van der Waals surface area contributed by atoms with Crippen molar-refractivity contribution >= 4 is 33.5 Å². The Bertz CT molecular complexity index is 1200. The summed E-state index contributed by atoms with van der Waals surface area (Å²) in [5, 5.41) is 0.764. The zero-order chi connectivity index (χ0) is 18.6. The van der Waals surface area contributed by atoms with E-state index in [0.29, 0.717) is 40.0 Å². The molecule has 3 aromatic rings. The standard InChI is InChI=1S/C20H16ClO5/c1-4-5-11-14-17-12(7-6-9(2)24-17)18-15(13(22)8-10(3)25-18)19(14)26-20(23)16(11)21/h6,8-9H,4-5H2,1-3H3. The van der Waals surface area contributed by atoms with Crippen LogP contribution in [0.5, 0.6) is 5.75 Å². The van der Waals surface area contributed by atoms with Crippen molar-refractivity contribution in [2.24, 2.45) is 0 Å². The molecular formula is C20H16ClO5. The van der Waals surface area contributed by atoms with Crippen LogP contribution in [0.15, 0.2) is 30.6 Å². The molecule has 26 heavy (non-hydrogen) atoms. The Morgan fingerprint density at radius 3 is 2.69 bits per heavy atom. The van der Waals surface area contributed by atoms with Crippen LogP contribution in [-0.2, 0) is 6.42 Å². The second kappa shape index (κ2) is 6.02. The van der Waals surface area contributed by atoms with Gasteiger partial charge in [-0.3, -0.25) is 4.79 Å². The number of ether oxygens (including phenoxy) is 1. The van der Waals surface area contributed by atoms with Gasteiger partial charge in [-0.05, 0) is 38.0 Å². The highest BCUT2D eigenvalue weighted by Crippen LogP contribution is 2.42. The summed E-state index contributed by atoms with van der Waals surface area (Å²) in [6, 6.07) is 1.37. The van der Waals surface area contributed by atoms with Crippen molar-refractivity contribution in [1.82, 2.24) is 0 Å². The third-order valence-corrected chi connectivity index (χ3v) is 4.80. The SMILES string of the molecule is CCCc1c(Cl)c(=O)oc2c1c1c(c3oc(C)cc(=O)c32)[C]=CC(C)O1. The van der Waals surface area contributed by atoms with Crippen molar-refractivity contribution in [1.29, 1.82) is 0 Å². The van der Waals surface area contributed by atoms with E-state index in [4.69, 9.17) is 25.2 Å². The van der Waals surface area contributed by atoms with Crippen LogP contribution in [-0.4, -0.2) is 6.10 Å². The molecule has 133 valence electrons. The summed E-state index contributed by atoms with van der Waals surface area (Å²) in [6.07, 6.45) is 6.02. The number of hydrogen-bond donors (Lipinski definition) is 0. The number of halogens is 1. The van der Waals surface area contributed by atoms with Crippen molar-refractivity contribution in [2.75, 3.05) is 0 Å². The van der Waals surface area contributed by atoms with Gasteiger partial charge in [0.25, 0.3) is 0 Å². The first-order valence-electron chi connectivity index (χ1n) is 8.44. The minimum Gasteiger partial charge on any atom is -0.485 e. The summed E-state index contributed by atoms with van der Waals surface area (Å²) < 4.78 is 17.3. The Hall–Kier alpha value is -2.53. The van der Waals surface area contributed by atoms with Crippen molar-refractivity contribution in [3.63, 3.8) is 0 Å². The molecule has 6 heteroatoms. The molecule has 1 atom stereocenters. The molecule has 2 aromatic heterocycles. The summed E-state index contributed by atoms with van der Waals surface area (Å²) in [4.78, 5) is 25.0. The number of aryl methyl sites for hydroxylation is 2. The second-order valence-electron chi connectivity index (χ2n) is 6.40. The fraction of sp³-hybridized carbons (Fsp3) is 0.300. The fourth-order valence-electron chi connectivity index (χ4n) is 3.36. The molecule has 0 saturated heterocycles. The van der Waals surface area contributed by atoms with Crippen LogP contribution >= 0.6 is 11.6 Å². The molecule has 0 amide bonds. The van der Waals surface area contributed by atoms with Crippen LogP contribution in [0.1, 0.15) is 37.2 Å². The van der Waals surface area contributed by atoms with Crippen LogP contribution in [0, 0.1) is 13.0 Å². The molecule has 1 aliphatic heterocycles. The lowest BCUT2D eigenvalue weighted by Gasteiger charge is -2.22. The molecule has 0 spiro atoms. The maximum Gasteiger partial charge on any atom is 0.355 e. The number of hydrogen-bond acceptors (Lipinski definition) is 5. The number of fused-ring (bicyclic) bond motifs is 6. The van der Waals surface area contributed by atoms with E-state index in [9.17, 15) is 9.59 Å². The molecule has 1 aromatic carbocycles. The second-order valence-corrected chi connectivity index (χ2v) is 6.78. The van der Waals surface area contributed by atoms with Gasteiger partial charge in [0, 0.05) is 6.07 Å². The maximum absolute atomic E-state index is 12.7. The largest absolute Gasteiger partial charge is 0.485 e. The van der Waals surface area contributed by atoms with Crippen LogP contribution < -0.4 is 15.8 Å². The molecule has 0 saturated carbocycles. The Balaban J connectivity index is 2.35. The van der Waals surface area contributed by atoms with Crippen LogP contribution in [0.3, 0.4) is 0 Å². The molecule has 0 bridgehead atoms. The third kappa shape index (κ3) is 2.38. The van der Waals surface area contributed by atoms with Crippen molar-refractivity contribution in [3.05, 3.63) is 60.8 Å². The van der Waals surface area contributed by atoms with Gasteiger partial charge in [0.1, 0.15) is 28.0 Å². The van der Waals surface area contributed by atoms with E-state index in [1.165, 1.54) is 6.07 Å². The van der Waals surface area contributed by atoms with E-state index >= 15 is 0 Å². The zero-order valence-corrected chi connectivity index (χ0v) is 15.3. The highest BCUT2D eigenvalue weighted by Gasteiger charge is 2.27. The lowest BCUT2D eigenvalue weighted by molar-refractivity contribution is 0.265. The molecule has 3 heterocycles. The van der Waals surface area contributed by atoms with Crippen LogP contribution in [0.4, 0.5) is 0 Å². The molecule has 1 unspecified atom stereocenters. The van der Waals surface area contributed by atoms with E-state index in [-0.39, 0.29) is 27.5 Å². The fourth-order valence-corrected chi connectivity index (χ4v) is 3.59. The summed E-state index contributed by atoms with van der Waals surface area (Å²) >= 11 is 6.25. The first kappa shape index (κ1) is 16.9. The number of rotatable bonds is 2.